The third-order valence-corrected chi connectivity index (χ3v) is 2.78. The molecule has 0 aromatic heterocycles. The van der Waals surface area contributed by atoms with Gasteiger partial charge in [0.2, 0.25) is 0 Å². The zero-order valence-electron chi connectivity index (χ0n) is 13.1. The van der Waals surface area contributed by atoms with E-state index in [-0.39, 0.29) is 0 Å². The van der Waals surface area contributed by atoms with Crippen molar-refractivity contribution in [2.45, 2.75) is 73.3 Å². The van der Waals surface area contributed by atoms with Crippen LogP contribution in [0.2, 0.25) is 0 Å². The van der Waals surface area contributed by atoms with Crippen LogP contribution in [-0.2, 0) is 0 Å². The smallest absolute Gasteiger partial charge is 0.0320 e. The van der Waals surface area contributed by atoms with Crippen LogP contribution in [0.15, 0.2) is 23.3 Å². The topological polar surface area (TPSA) is 12.0 Å². The maximum absolute atomic E-state index is 3.35. The standard InChI is InChI=1S/C10H15N.3C2H6/c1-11-10-7-6-8-4-2-3-5-9(8)10;3*1-2/h3,5,10-11H,2,4,6-7H2,1H3;3*1-2H3. The Kier molecular flexibility index (Phi) is 14.9. The molecule has 1 N–H and O–H groups in total. The SMILES string of the molecule is CC.CC.CC.CNC1CCC2=C1C=CCC2. The van der Waals surface area contributed by atoms with Crippen LogP contribution >= 0.6 is 0 Å². The van der Waals surface area contributed by atoms with Gasteiger partial charge < -0.3 is 5.32 Å². The molecule has 102 valence electrons. The molecule has 2 aliphatic carbocycles. The van der Waals surface area contributed by atoms with Crippen molar-refractivity contribution in [3.05, 3.63) is 23.3 Å². The summed E-state index contributed by atoms with van der Waals surface area (Å²) in [6.45, 7) is 12.0. The lowest BCUT2D eigenvalue weighted by Crippen LogP contribution is -2.23. The second-order valence-corrected chi connectivity index (χ2v) is 3.38. The fraction of sp³-hybridized carbons (Fsp3) is 0.750. The lowest BCUT2D eigenvalue weighted by atomic mass is 9.99. The molecule has 1 nitrogen and oxygen atoms in total. The van der Waals surface area contributed by atoms with Crippen LogP contribution in [0.3, 0.4) is 0 Å². The largest absolute Gasteiger partial charge is 0.313 e. The van der Waals surface area contributed by atoms with Gasteiger partial charge in [0.1, 0.15) is 0 Å². The van der Waals surface area contributed by atoms with Crippen molar-refractivity contribution in [1.82, 2.24) is 5.32 Å². The summed E-state index contributed by atoms with van der Waals surface area (Å²) >= 11 is 0. The molecule has 0 radical (unpaired) electrons. The highest BCUT2D eigenvalue weighted by Gasteiger charge is 2.22. The first-order chi connectivity index (χ1) is 8.42. The number of rotatable bonds is 1. The molecule has 0 aromatic carbocycles. The molecule has 0 aliphatic heterocycles. The van der Waals surface area contributed by atoms with E-state index in [1.807, 2.05) is 41.5 Å². The minimum atomic E-state index is 0.654. The fourth-order valence-electron chi connectivity index (χ4n) is 2.14. The summed E-state index contributed by atoms with van der Waals surface area (Å²) in [5.41, 5.74) is 3.28. The number of hydrogen-bond donors (Lipinski definition) is 1. The summed E-state index contributed by atoms with van der Waals surface area (Å²) < 4.78 is 0. The van der Waals surface area contributed by atoms with E-state index in [4.69, 9.17) is 0 Å². The molecule has 0 heterocycles. The number of allylic oxidation sites excluding steroid dienone is 2. The predicted molar refractivity (Wildman–Crippen MR) is 81.5 cm³/mol. The summed E-state index contributed by atoms with van der Waals surface area (Å²) in [6.07, 6.45) is 9.82. The Bertz CT molecular complexity index is 214. The molecule has 1 atom stereocenters. The maximum Gasteiger partial charge on any atom is 0.0320 e. The summed E-state index contributed by atoms with van der Waals surface area (Å²) in [6, 6.07) is 0.654. The van der Waals surface area contributed by atoms with Crippen molar-refractivity contribution in [2.24, 2.45) is 0 Å². The normalized spacial score (nSPS) is 20.1. The molecule has 0 saturated carbocycles. The van der Waals surface area contributed by atoms with Gasteiger partial charge in [-0.3, -0.25) is 0 Å². The Hall–Kier alpha value is -0.560. The van der Waals surface area contributed by atoms with Crippen LogP contribution in [0.5, 0.6) is 0 Å². The summed E-state index contributed by atoms with van der Waals surface area (Å²) in [4.78, 5) is 0. The van der Waals surface area contributed by atoms with Crippen LogP contribution in [0, 0.1) is 0 Å². The first-order valence-electron chi connectivity index (χ1n) is 7.47. The van der Waals surface area contributed by atoms with Crippen molar-refractivity contribution in [3.63, 3.8) is 0 Å². The molecule has 17 heavy (non-hydrogen) atoms. The Morgan fingerprint density at radius 3 is 2.12 bits per heavy atom. The highest BCUT2D eigenvalue weighted by molar-refractivity contribution is 5.37. The van der Waals surface area contributed by atoms with E-state index >= 15 is 0 Å². The molecule has 0 bridgehead atoms. The van der Waals surface area contributed by atoms with Crippen LogP contribution in [-0.4, -0.2) is 13.1 Å². The third-order valence-electron chi connectivity index (χ3n) is 2.78. The van der Waals surface area contributed by atoms with Crippen LogP contribution < -0.4 is 5.32 Å². The first-order valence-corrected chi connectivity index (χ1v) is 7.47. The lowest BCUT2D eigenvalue weighted by Gasteiger charge is -2.13. The minimum absolute atomic E-state index is 0.654. The zero-order chi connectivity index (χ0) is 13.7. The highest BCUT2D eigenvalue weighted by atomic mass is 14.9. The molecule has 1 heteroatoms. The monoisotopic (exact) mass is 239 g/mol. The molecule has 1 unspecified atom stereocenters. The molecule has 0 fully saturated rings. The molecule has 0 amide bonds. The van der Waals surface area contributed by atoms with E-state index in [0.29, 0.717) is 6.04 Å². The average molecular weight is 239 g/mol. The summed E-state index contributed by atoms with van der Waals surface area (Å²) in [7, 11) is 2.06. The van der Waals surface area contributed by atoms with Gasteiger partial charge in [-0.1, -0.05) is 59.3 Å². The minimum Gasteiger partial charge on any atom is -0.313 e. The van der Waals surface area contributed by atoms with E-state index < -0.39 is 0 Å². The Balaban J connectivity index is 0. The van der Waals surface area contributed by atoms with Gasteiger partial charge in [0.25, 0.3) is 0 Å². The summed E-state index contributed by atoms with van der Waals surface area (Å²) in [5, 5.41) is 3.35. The van der Waals surface area contributed by atoms with Crippen molar-refractivity contribution >= 4 is 0 Å². The number of hydrogen-bond acceptors (Lipinski definition) is 1. The van der Waals surface area contributed by atoms with Gasteiger partial charge in [-0.05, 0) is 38.3 Å². The highest BCUT2D eigenvalue weighted by Crippen LogP contribution is 2.33. The molecule has 0 aromatic rings. The molecular weight excluding hydrogens is 206 g/mol. The van der Waals surface area contributed by atoms with Gasteiger partial charge >= 0.3 is 0 Å². The van der Waals surface area contributed by atoms with Gasteiger partial charge in [-0.15, -0.1) is 0 Å². The Labute approximate surface area is 109 Å². The van der Waals surface area contributed by atoms with E-state index in [2.05, 4.69) is 24.5 Å². The van der Waals surface area contributed by atoms with E-state index in [9.17, 15) is 0 Å². The molecule has 2 rings (SSSR count). The molecular formula is C16H33N. The number of nitrogens with one attached hydrogen (secondary N) is 1. The predicted octanol–water partition coefficient (Wildman–Crippen LogP) is 5.09. The van der Waals surface area contributed by atoms with Crippen molar-refractivity contribution in [2.75, 3.05) is 7.05 Å². The Morgan fingerprint density at radius 2 is 1.59 bits per heavy atom. The third kappa shape index (κ3) is 6.07. The van der Waals surface area contributed by atoms with Gasteiger partial charge in [-0.2, -0.15) is 0 Å². The van der Waals surface area contributed by atoms with Crippen molar-refractivity contribution in [3.8, 4) is 0 Å². The fourth-order valence-corrected chi connectivity index (χ4v) is 2.14. The van der Waals surface area contributed by atoms with Crippen molar-refractivity contribution < 1.29 is 0 Å². The number of likely N-dealkylation sites (N-methyl/N-ethyl adjacent to an activating group) is 1. The lowest BCUT2D eigenvalue weighted by molar-refractivity contribution is 0.635. The Morgan fingerprint density at radius 1 is 1.00 bits per heavy atom. The van der Waals surface area contributed by atoms with Gasteiger partial charge in [0, 0.05) is 6.04 Å². The average Bonchev–Trinajstić information content (AvgIpc) is 2.88. The van der Waals surface area contributed by atoms with Gasteiger partial charge in [0.15, 0.2) is 0 Å². The van der Waals surface area contributed by atoms with Crippen LogP contribution in [0.25, 0.3) is 0 Å². The van der Waals surface area contributed by atoms with E-state index in [1.54, 1.807) is 11.1 Å². The maximum atomic E-state index is 3.35. The quantitative estimate of drug-likeness (QED) is 0.672. The molecule has 2 aliphatic rings. The second kappa shape index (κ2) is 13.5. The van der Waals surface area contributed by atoms with E-state index in [1.165, 1.54) is 25.7 Å². The zero-order valence-corrected chi connectivity index (χ0v) is 13.1. The molecule has 0 saturated heterocycles. The van der Waals surface area contributed by atoms with Gasteiger partial charge in [0.05, 0.1) is 0 Å². The summed E-state index contributed by atoms with van der Waals surface area (Å²) in [5.74, 6) is 0. The van der Waals surface area contributed by atoms with E-state index in [0.717, 1.165) is 0 Å². The van der Waals surface area contributed by atoms with Gasteiger partial charge in [-0.25, -0.2) is 0 Å². The van der Waals surface area contributed by atoms with Crippen LogP contribution in [0.4, 0.5) is 0 Å². The van der Waals surface area contributed by atoms with Crippen molar-refractivity contribution in [1.29, 1.82) is 0 Å². The first kappa shape index (κ1) is 18.8. The second-order valence-electron chi connectivity index (χ2n) is 3.38. The van der Waals surface area contributed by atoms with Crippen LogP contribution in [0.1, 0.15) is 67.2 Å². The molecule has 0 spiro atoms.